The molecule has 0 atom stereocenters. The second-order valence-electron chi connectivity index (χ2n) is 8.45. The van der Waals surface area contributed by atoms with E-state index in [2.05, 4.69) is 30.8 Å². The number of hydrogen-bond acceptors (Lipinski definition) is 6. The summed E-state index contributed by atoms with van der Waals surface area (Å²) in [5, 5.41) is 8.04. The molecule has 0 spiro atoms. The summed E-state index contributed by atoms with van der Waals surface area (Å²) in [6.45, 7) is 2.12. The SMILES string of the molecule is CNc1cc(Oc2ccc(NC(=O)Nc3cc(CN4CCCCC4)cc(C(F)(F)F)c3)cc2)ncn1. The van der Waals surface area contributed by atoms with E-state index in [1.807, 2.05) is 0 Å². The van der Waals surface area contributed by atoms with Crippen LogP contribution in [0.3, 0.4) is 0 Å². The molecule has 190 valence electrons. The molecule has 1 saturated heterocycles. The quantitative estimate of drug-likeness (QED) is 0.371. The van der Waals surface area contributed by atoms with Gasteiger partial charge in [0.15, 0.2) is 0 Å². The Kier molecular flexibility index (Phi) is 7.89. The maximum absolute atomic E-state index is 13.5. The molecule has 3 aromatic rings. The van der Waals surface area contributed by atoms with Gasteiger partial charge in [0.05, 0.1) is 5.56 Å². The molecule has 1 aliphatic rings. The van der Waals surface area contributed by atoms with Gasteiger partial charge in [-0.25, -0.2) is 14.8 Å². The Bertz CT molecular complexity index is 1180. The standard InChI is InChI=1S/C25H27F3N6O2/c1-29-22-14-23(31-16-30-22)36-21-7-5-19(6-8-21)32-24(35)33-20-12-17(11-18(13-20)25(26,27)28)15-34-9-3-2-4-10-34/h5-8,11-14,16H,2-4,9-10,15H2,1H3,(H,29,30,31)(H2,32,33,35). The summed E-state index contributed by atoms with van der Waals surface area (Å²) >= 11 is 0. The van der Waals surface area contributed by atoms with Crippen molar-refractivity contribution in [3.8, 4) is 11.6 Å². The number of aromatic nitrogens is 2. The largest absolute Gasteiger partial charge is 0.439 e. The molecule has 2 aromatic carbocycles. The first-order chi connectivity index (χ1) is 17.3. The van der Waals surface area contributed by atoms with Crippen LogP contribution in [0.25, 0.3) is 0 Å². The summed E-state index contributed by atoms with van der Waals surface area (Å²) < 4.78 is 46.1. The number of benzene rings is 2. The summed E-state index contributed by atoms with van der Waals surface area (Å²) in [6.07, 6.45) is 0.0568. The number of carbonyl (C=O) groups excluding carboxylic acids is 1. The Morgan fingerprint density at radius 3 is 2.39 bits per heavy atom. The lowest BCUT2D eigenvalue weighted by atomic mass is 10.1. The number of nitrogens with one attached hydrogen (secondary N) is 3. The molecular weight excluding hydrogens is 473 g/mol. The van der Waals surface area contributed by atoms with Crippen LogP contribution >= 0.6 is 0 Å². The molecule has 8 nitrogen and oxygen atoms in total. The number of hydrogen-bond donors (Lipinski definition) is 3. The third-order valence-corrected chi connectivity index (χ3v) is 5.67. The van der Waals surface area contributed by atoms with E-state index in [1.165, 1.54) is 6.33 Å². The van der Waals surface area contributed by atoms with E-state index in [-0.39, 0.29) is 5.69 Å². The van der Waals surface area contributed by atoms with E-state index < -0.39 is 17.8 Å². The van der Waals surface area contributed by atoms with Gasteiger partial charge >= 0.3 is 12.2 Å². The monoisotopic (exact) mass is 500 g/mol. The fourth-order valence-electron chi connectivity index (χ4n) is 3.95. The Labute approximate surface area is 206 Å². The lowest BCUT2D eigenvalue weighted by molar-refractivity contribution is -0.137. The molecule has 0 radical (unpaired) electrons. The minimum absolute atomic E-state index is 0.0818. The predicted molar refractivity (Wildman–Crippen MR) is 131 cm³/mol. The summed E-state index contributed by atoms with van der Waals surface area (Å²) in [6, 6.07) is 11.2. The van der Waals surface area contributed by atoms with Gasteiger partial charge in [0.25, 0.3) is 0 Å². The highest BCUT2D eigenvalue weighted by atomic mass is 19.4. The van der Waals surface area contributed by atoms with Gasteiger partial charge in [-0.3, -0.25) is 4.90 Å². The minimum Gasteiger partial charge on any atom is -0.439 e. The number of piperidine rings is 1. The molecular formula is C25H27F3N6O2. The van der Waals surface area contributed by atoms with Crippen molar-refractivity contribution < 1.29 is 22.7 Å². The molecule has 2 heterocycles. The van der Waals surface area contributed by atoms with E-state index in [1.54, 1.807) is 43.4 Å². The first kappa shape index (κ1) is 25.2. The third kappa shape index (κ3) is 7.08. The first-order valence-corrected chi connectivity index (χ1v) is 11.6. The van der Waals surface area contributed by atoms with Crippen molar-refractivity contribution in [2.45, 2.75) is 32.0 Å². The fraction of sp³-hybridized carbons (Fsp3) is 0.320. The van der Waals surface area contributed by atoms with Gasteiger partial charge in [-0.1, -0.05) is 6.42 Å². The molecule has 4 rings (SSSR count). The number of halogens is 3. The predicted octanol–water partition coefficient (Wildman–Crippen LogP) is 5.96. The van der Waals surface area contributed by atoms with Crippen LogP contribution in [0.4, 0.5) is 35.2 Å². The molecule has 36 heavy (non-hydrogen) atoms. The smallest absolute Gasteiger partial charge is 0.416 e. The van der Waals surface area contributed by atoms with Crippen LogP contribution in [0.1, 0.15) is 30.4 Å². The number of ether oxygens (including phenoxy) is 1. The lowest BCUT2D eigenvalue weighted by Gasteiger charge is -2.27. The zero-order chi connectivity index (χ0) is 25.5. The van der Waals surface area contributed by atoms with E-state index >= 15 is 0 Å². The Balaban J connectivity index is 1.40. The number of nitrogens with zero attached hydrogens (tertiary/aromatic N) is 3. The van der Waals surface area contributed by atoms with Crippen molar-refractivity contribution in [1.29, 1.82) is 0 Å². The first-order valence-electron chi connectivity index (χ1n) is 11.6. The third-order valence-electron chi connectivity index (χ3n) is 5.67. The molecule has 0 saturated carbocycles. The van der Waals surface area contributed by atoms with E-state index in [0.717, 1.165) is 44.5 Å². The van der Waals surface area contributed by atoms with Gasteiger partial charge in [-0.15, -0.1) is 0 Å². The molecule has 11 heteroatoms. The second kappa shape index (κ2) is 11.3. The molecule has 0 bridgehead atoms. The van der Waals surface area contributed by atoms with Gasteiger partial charge in [-0.2, -0.15) is 13.2 Å². The summed E-state index contributed by atoms with van der Waals surface area (Å²) in [4.78, 5) is 22.7. The molecule has 1 fully saturated rings. The molecule has 1 aromatic heterocycles. The maximum atomic E-state index is 13.5. The summed E-state index contributed by atoms with van der Waals surface area (Å²) in [5.41, 5.74) is 0.243. The fourth-order valence-corrected chi connectivity index (χ4v) is 3.95. The number of alkyl halides is 3. The number of anilines is 3. The number of amides is 2. The Hall–Kier alpha value is -3.86. The normalized spacial score (nSPS) is 14.2. The van der Waals surface area contributed by atoms with E-state index in [0.29, 0.717) is 35.2 Å². The number of urea groups is 1. The van der Waals surface area contributed by atoms with Crippen LogP contribution in [0, 0.1) is 0 Å². The molecule has 2 amide bonds. The van der Waals surface area contributed by atoms with Crippen LogP contribution in [-0.4, -0.2) is 41.0 Å². The average Bonchev–Trinajstić information content (AvgIpc) is 2.85. The highest BCUT2D eigenvalue weighted by molar-refractivity contribution is 5.99. The highest BCUT2D eigenvalue weighted by Gasteiger charge is 2.31. The summed E-state index contributed by atoms with van der Waals surface area (Å²) in [5.74, 6) is 1.43. The maximum Gasteiger partial charge on any atom is 0.416 e. The number of rotatable bonds is 7. The zero-order valence-corrected chi connectivity index (χ0v) is 19.7. The molecule has 0 unspecified atom stereocenters. The van der Waals surface area contributed by atoms with Crippen LogP contribution in [0.2, 0.25) is 0 Å². The Morgan fingerprint density at radius 1 is 0.972 bits per heavy atom. The van der Waals surface area contributed by atoms with E-state index in [4.69, 9.17) is 4.74 Å². The second-order valence-corrected chi connectivity index (χ2v) is 8.45. The van der Waals surface area contributed by atoms with Gasteiger partial charge in [0, 0.05) is 31.0 Å². The summed E-state index contributed by atoms with van der Waals surface area (Å²) in [7, 11) is 1.73. The molecule has 1 aliphatic heterocycles. The van der Waals surface area contributed by atoms with Crippen molar-refractivity contribution in [3.63, 3.8) is 0 Å². The van der Waals surface area contributed by atoms with Crippen molar-refractivity contribution in [2.24, 2.45) is 0 Å². The highest BCUT2D eigenvalue weighted by Crippen LogP contribution is 2.33. The lowest BCUT2D eigenvalue weighted by Crippen LogP contribution is -2.29. The van der Waals surface area contributed by atoms with Gasteiger partial charge < -0.3 is 20.7 Å². The van der Waals surface area contributed by atoms with Gasteiger partial charge in [-0.05, 0) is 74.0 Å². The van der Waals surface area contributed by atoms with Crippen LogP contribution < -0.4 is 20.7 Å². The van der Waals surface area contributed by atoms with Crippen LogP contribution in [-0.2, 0) is 12.7 Å². The number of likely N-dealkylation sites (tertiary alicyclic amines) is 1. The van der Waals surface area contributed by atoms with Crippen molar-refractivity contribution in [3.05, 3.63) is 66.0 Å². The Morgan fingerprint density at radius 2 is 1.69 bits per heavy atom. The molecule has 3 N–H and O–H groups in total. The van der Waals surface area contributed by atoms with Crippen LogP contribution in [0.5, 0.6) is 11.6 Å². The minimum atomic E-state index is -4.52. The van der Waals surface area contributed by atoms with Crippen molar-refractivity contribution >= 4 is 23.2 Å². The van der Waals surface area contributed by atoms with Crippen molar-refractivity contribution in [2.75, 3.05) is 36.1 Å². The van der Waals surface area contributed by atoms with Crippen LogP contribution in [0.15, 0.2) is 54.9 Å². The van der Waals surface area contributed by atoms with Gasteiger partial charge in [0.1, 0.15) is 17.9 Å². The van der Waals surface area contributed by atoms with E-state index in [9.17, 15) is 18.0 Å². The molecule has 0 aliphatic carbocycles. The van der Waals surface area contributed by atoms with Gasteiger partial charge in [0.2, 0.25) is 5.88 Å². The van der Waals surface area contributed by atoms with Crippen molar-refractivity contribution in [1.82, 2.24) is 14.9 Å². The average molecular weight is 501 g/mol. The topological polar surface area (TPSA) is 91.4 Å². The zero-order valence-electron chi connectivity index (χ0n) is 19.7. The number of carbonyl (C=O) groups is 1.